The zero-order valence-corrected chi connectivity index (χ0v) is 13.9. The minimum absolute atomic E-state index is 0.0427. The first-order valence-electron chi connectivity index (χ1n) is 8.34. The van der Waals surface area contributed by atoms with Crippen molar-refractivity contribution in [2.75, 3.05) is 13.1 Å². The Morgan fingerprint density at radius 2 is 2.17 bits per heavy atom. The van der Waals surface area contributed by atoms with Gasteiger partial charge in [-0.2, -0.15) is 0 Å². The van der Waals surface area contributed by atoms with Crippen LogP contribution in [0.4, 0.5) is 0 Å². The second kappa shape index (κ2) is 7.04. The third-order valence-electron chi connectivity index (χ3n) is 4.46. The molecule has 0 aromatic carbocycles. The quantitative estimate of drug-likeness (QED) is 0.797. The molecule has 0 amide bonds. The first kappa shape index (κ1) is 15.9. The van der Waals surface area contributed by atoms with Gasteiger partial charge in [0.05, 0.1) is 6.54 Å². The maximum atomic E-state index is 12.6. The van der Waals surface area contributed by atoms with Crippen LogP contribution in [-0.4, -0.2) is 38.3 Å². The monoisotopic (exact) mass is 312 g/mol. The van der Waals surface area contributed by atoms with E-state index in [4.69, 9.17) is 0 Å². The van der Waals surface area contributed by atoms with Gasteiger partial charge in [0, 0.05) is 37.1 Å². The van der Waals surface area contributed by atoms with Crippen molar-refractivity contribution >= 4 is 5.78 Å². The van der Waals surface area contributed by atoms with E-state index in [-0.39, 0.29) is 11.7 Å². The van der Waals surface area contributed by atoms with Crippen LogP contribution in [0.2, 0.25) is 0 Å². The molecule has 23 heavy (non-hydrogen) atoms. The molecule has 0 unspecified atom stereocenters. The Labute approximate surface area is 137 Å². The molecule has 0 aliphatic carbocycles. The van der Waals surface area contributed by atoms with Crippen molar-refractivity contribution < 1.29 is 4.79 Å². The molecule has 1 saturated heterocycles. The summed E-state index contributed by atoms with van der Waals surface area (Å²) in [6.45, 7) is 6.94. The van der Waals surface area contributed by atoms with Gasteiger partial charge in [-0.1, -0.05) is 6.07 Å². The molecule has 0 radical (unpaired) electrons. The van der Waals surface area contributed by atoms with Gasteiger partial charge in [-0.3, -0.25) is 14.7 Å². The van der Waals surface area contributed by atoms with Crippen LogP contribution in [-0.2, 0) is 6.54 Å². The van der Waals surface area contributed by atoms with Gasteiger partial charge in [0.25, 0.3) is 0 Å². The summed E-state index contributed by atoms with van der Waals surface area (Å²) in [4.78, 5) is 23.6. The van der Waals surface area contributed by atoms with Crippen LogP contribution in [0.1, 0.15) is 49.0 Å². The van der Waals surface area contributed by atoms with Gasteiger partial charge in [-0.05, 0) is 45.4 Å². The van der Waals surface area contributed by atoms with Crippen LogP contribution in [0.3, 0.4) is 0 Å². The molecule has 2 aromatic heterocycles. The molecule has 1 aliphatic rings. The zero-order valence-electron chi connectivity index (χ0n) is 13.9. The number of piperidine rings is 1. The van der Waals surface area contributed by atoms with E-state index in [1.807, 2.05) is 30.6 Å². The standard InChI is InChI=1S/C18H24N4O/c1-14(2)22-11-9-20-17(22)13-21-10-5-6-15(12-21)18(23)16-7-3-4-8-19-16/h3-4,7-9,11,14-15H,5-6,10,12-13H2,1-2H3/t15-/m1/s1. The minimum atomic E-state index is 0.0427. The number of aromatic nitrogens is 3. The Bertz CT molecular complexity index is 650. The third-order valence-corrected chi connectivity index (χ3v) is 4.46. The number of hydrogen-bond acceptors (Lipinski definition) is 4. The molecule has 122 valence electrons. The number of likely N-dealkylation sites (tertiary alicyclic amines) is 1. The van der Waals surface area contributed by atoms with Gasteiger partial charge in [-0.15, -0.1) is 0 Å². The summed E-state index contributed by atoms with van der Waals surface area (Å²) in [6.07, 6.45) is 7.57. The maximum absolute atomic E-state index is 12.6. The van der Waals surface area contributed by atoms with E-state index < -0.39 is 0 Å². The Balaban J connectivity index is 1.66. The number of rotatable bonds is 5. The molecule has 5 heteroatoms. The number of ketones is 1. The highest BCUT2D eigenvalue weighted by Crippen LogP contribution is 2.22. The fraction of sp³-hybridized carbons (Fsp3) is 0.500. The lowest BCUT2D eigenvalue weighted by Crippen LogP contribution is -2.39. The second-order valence-electron chi connectivity index (χ2n) is 6.50. The van der Waals surface area contributed by atoms with Crippen molar-refractivity contribution in [3.8, 4) is 0 Å². The molecule has 0 spiro atoms. The van der Waals surface area contributed by atoms with Gasteiger partial charge in [-0.25, -0.2) is 4.98 Å². The van der Waals surface area contributed by atoms with Gasteiger partial charge in [0.15, 0.2) is 5.78 Å². The molecular formula is C18H24N4O. The lowest BCUT2D eigenvalue weighted by Gasteiger charge is -2.31. The lowest BCUT2D eigenvalue weighted by atomic mass is 9.92. The highest BCUT2D eigenvalue weighted by atomic mass is 16.1. The van der Waals surface area contributed by atoms with Crippen molar-refractivity contribution in [2.24, 2.45) is 5.92 Å². The van der Waals surface area contributed by atoms with Gasteiger partial charge >= 0.3 is 0 Å². The second-order valence-corrected chi connectivity index (χ2v) is 6.50. The fourth-order valence-corrected chi connectivity index (χ4v) is 3.27. The van der Waals surface area contributed by atoms with Crippen molar-refractivity contribution in [1.82, 2.24) is 19.4 Å². The van der Waals surface area contributed by atoms with Crippen molar-refractivity contribution in [3.05, 3.63) is 48.3 Å². The molecule has 5 nitrogen and oxygen atoms in total. The van der Waals surface area contributed by atoms with Gasteiger partial charge < -0.3 is 4.57 Å². The summed E-state index contributed by atoms with van der Waals surface area (Å²) in [6, 6.07) is 5.94. The van der Waals surface area contributed by atoms with Crippen molar-refractivity contribution in [2.45, 2.75) is 39.3 Å². The van der Waals surface area contributed by atoms with E-state index in [1.165, 1.54) is 0 Å². The number of carbonyl (C=O) groups excluding carboxylic acids is 1. The van der Waals surface area contributed by atoms with Crippen LogP contribution in [0.25, 0.3) is 0 Å². The number of pyridine rings is 1. The van der Waals surface area contributed by atoms with Crippen molar-refractivity contribution in [3.63, 3.8) is 0 Å². The molecular weight excluding hydrogens is 288 g/mol. The van der Waals surface area contributed by atoms with E-state index in [9.17, 15) is 4.79 Å². The average Bonchev–Trinajstić information content (AvgIpc) is 3.03. The highest BCUT2D eigenvalue weighted by Gasteiger charge is 2.27. The lowest BCUT2D eigenvalue weighted by molar-refractivity contribution is 0.0801. The number of imidazole rings is 1. The largest absolute Gasteiger partial charge is 0.331 e. The third kappa shape index (κ3) is 3.67. The number of nitrogens with zero attached hydrogens (tertiary/aromatic N) is 4. The van der Waals surface area contributed by atoms with E-state index >= 15 is 0 Å². The predicted octanol–water partition coefficient (Wildman–Crippen LogP) is 2.95. The highest BCUT2D eigenvalue weighted by molar-refractivity contribution is 5.96. The summed E-state index contributed by atoms with van der Waals surface area (Å²) in [5.74, 6) is 1.29. The van der Waals surface area contributed by atoms with E-state index in [1.54, 1.807) is 6.20 Å². The first-order valence-corrected chi connectivity index (χ1v) is 8.34. The van der Waals surface area contributed by atoms with Crippen LogP contribution in [0.5, 0.6) is 0 Å². The molecule has 1 fully saturated rings. The average molecular weight is 312 g/mol. The zero-order chi connectivity index (χ0) is 16.2. The summed E-state index contributed by atoms with van der Waals surface area (Å²) >= 11 is 0. The van der Waals surface area contributed by atoms with Crippen LogP contribution < -0.4 is 0 Å². The Morgan fingerprint density at radius 3 is 2.91 bits per heavy atom. The molecule has 0 saturated carbocycles. The molecule has 0 bridgehead atoms. The Hall–Kier alpha value is -2.01. The fourth-order valence-electron chi connectivity index (χ4n) is 3.27. The summed E-state index contributed by atoms with van der Waals surface area (Å²) < 4.78 is 2.20. The minimum Gasteiger partial charge on any atom is -0.331 e. The normalized spacial score (nSPS) is 19.2. The number of Topliss-reactive ketones (excluding diaryl/α,β-unsaturated/α-hetero) is 1. The van der Waals surface area contributed by atoms with E-state index in [0.29, 0.717) is 11.7 Å². The molecule has 1 atom stereocenters. The van der Waals surface area contributed by atoms with E-state index in [2.05, 4.69) is 33.3 Å². The van der Waals surface area contributed by atoms with Crippen LogP contribution in [0, 0.1) is 5.92 Å². The molecule has 2 aromatic rings. The van der Waals surface area contributed by atoms with Crippen molar-refractivity contribution in [1.29, 1.82) is 0 Å². The van der Waals surface area contributed by atoms with E-state index in [0.717, 1.165) is 38.3 Å². The summed E-state index contributed by atoms with van der Waals surface area (Å²) in [5, 5.41) is 0. The molecule has 1 aliphatic heterocycles. The molecule has 0 N–H and O–H groups in total. The number of carbonyl (C=O) groups is 1. The Morgan fingerprint density at radius 1 is 1.30 bits per heavy atom. The smallest absolute Gasteiger partial charge is 0.185 e. The van der Waals surface area contributed by atoms with Crippen LogP contribution >= 0.6 is 0 Å². The summed E-state index contributed by atoms with van der Waals surface area (Å²) in [5.41, 5.74) is 0.586. The maximum Gasteiger partial charge on any atom is 0.185 e. The van der Waals surface area contributed by atoms with Gasteiger partial charge in [0.2, 0.25) is 0 Å². The molecule has 3 rings (SSSR count). The predicted molar refractivity (Wildman–Crippen MR) is 89.2 cm³/mol. The summed E-state index contributed by atoms with van der Waals surface area (Å²) in [7, 11) is 0. The van der Waals surface area contributed by atoms with Gasteiger partial charge in [0.1, 0.15) is 11.5 Å². The first-order chi connectivity index (χ1) is 11.1. The number of hydrogen-bond donors (Lipinski definition) is 0. The SMILES string of the molecule is CC(C)n1ccnc1CN1CCC[C@@H](C(=O)c2ccccn2)C1. The molecule has 3 heterocycles. The Kier molecular flexibility index (Phi) is 4.86. The topological polar surface area (TPSA) is 51.0 Å². The van der Waals surface area contributed by atoms with Crippen LogP contribution in [0.15, 0.2) is 36.8 Å².